The van der Waals surface area contributed by atoms with Gasteiger partial charge in [0.1, 0.15) is 0 Å². The molecule has 0 aliphatic rings. The quantitative estimate of drug-likeness (QED) is 0.672. The van der Waals surface area contributed by atoms with Crippen LogP contribution < -0.4 is 0 Å². The molecule has 0 aromatic rings. The maximum absolute atomic E-state index is 9.59. The molecule has 0 aromatic carbocycles. The lowest BCUT2D eigenvalue weighted by Gasteiger charge is -2.37. The van der Waals surface area contributed by atoms with Crippen molar-refractivity contribution in [2.24, 2.45) is 5.41 Å². The molecule has 0 bridgehead atoms. The van der Waals surface area contributed by atoms with Crippen molar-refractivity contribution in [1.82, 2.24) is 9.80 Å². The first-order chi connectivity index (χ1) is 7.88. The fourth-order valence-corrected chi connectivity index (χ4v) is 2.53. The minimum absolute atomic E-state index is 0.0470. The largest absolute Gasteiger partial charge is 0.396 e. The van der Waals surface area contributed by atoms with Crippen LogP contribution in [0.3, 0.4) is 0 Å². The molecule has 2 unspecified atom stereocenters. The summed E-state index contributed by atoms with van der Waals surface area (Å²) < 4.78 is 0. The Labute approximate surface area is 108 Å². The zero-order valence-corrected chi connectivity index (χ0v) is 12.7. The molecule has 0 aliphatic heterocycles. The molecule has 0 aromatic heterocycles. The molecule has 0 rings (SSSR count). The van der Waals surface area contributed by atoms with E-state index in [0.29, 0.717) is 6.04 Å². The van der Waals surface area contributed by atoms with Crippen LogP contribution in [0.5, 0.6) is 0 Å². The van der Waals surface area contributed by atoms with E-state index in [9.17, 15) is 5.11 Å². The Kier molecular flexibility index (Phi) is 8.01. The van der Waals surface area contributed by atoms with Crippen molar-refractivity contribution >= 4 is 0 Å². The minimum atomic E-state index is 0.0470. The maximum atomic E-state index is 9.59. The highest BCUT2D eigenvalue weighted by Gasteiger charge is 2.27. The van der Waals surface area contributed by atoms with Gasteiger partial charge in [-0.2, -0.15) is 0 Å². The van der Waals surface area contributed by atoms with Crippen molar-refractivity contribution in [2.75, 3.05) is 40.3 Å². The molecule has 2 atom stereocenters. The van der Waals surface area contributed by atoms with E-state index in [1.807, 2.05) is 0 Å². The highest BCUT2D eigenvalue weighted by atomic mass is 16.3. The van der Waals surface area contributed by atoms with Crippen molar-refractivity contribution in [3.63, 3.8) is 0 Å². The van der Waals surface area contributed by atoms with Gasteiger partial charge >= 0.3 is 0 Å². The predicted molar refractivity (Wildman–Crippen MR) is 75.4 cm³/mol. The molecule has 0 aliphatic carbocycles. The van der Waals surface area contributed by atoms with Crippen LogP contribution in [0.4, 0.5) is 0 Å². The number of rotatable bonds is 9. The first-order valence-electron chi connectivity index (χ1n) is 6.88. The summed E-state index contributed by atoms with van der Waals surface area (Å²) in [4.78, 5) is 4.70. The molecular formula is C14H32N2O. The smallest absolute Gasteiger partial charge is 0.0497 e. The molecule has 0 fully saturated rings. The predicted octanol–water partition coefficient (Wildman–Crippen LogP) is 2.06. The lowest BCUT2D eigenvalue weighted by atomic mass is 9.85. The maximum Gasteiger partial charge on any atom is 0.0497 e. The van der Waals surface area contributed by atoms with Crippen molar-refractivity contribution in [3.05, 3.63) is 0 Å². The van der Waals surface area contributed by atoms with Gasteiger partial charge in [0.25, 0.3) is 0 Å². The number of likely N-dealkylation sites (N-methyl/N-ethyl adjacent to an activating group) is 2. The van der Waals surface area contributed by atoms with Gasteiger partial charge in [0.2, 0.25) is 0 Å². The van der Waals surface area contributed by atoms with Crippen molar-refractivity contribution in [1.29, 1.82) is 0 Å². The van der Waals surface area contributed by atoms with Crippen LogP contribution in [-0.4, -0.2) is 61.3 Å². The number of aliphatic hydroxyl groups excluding tert-OH is 1. The molecule has 0 spiro atoms. The number of aliphatic hydroxyl groups is 1. The van der Waals surface area contributed by atoms with E-state index in [2.05, 4.69) is 51.6 Å². The molecule has 0 heterocycles. The first-order valence-corrected chi connectivity index (χ1v) is 6.88. The third kappa shape index (κ3) is 6.39. The van der Waals surface area contributed by atoms with E-state index < -0.39 is 0 Å². The molecule has 0 amide bonds. The average molecular weight is 244 g/mol. The summed E-state index contributed by atoms with van der Waals surface area (Å²) >= 11 is 0. The Balaban J connectivity index is 4.45. The van der Waals surface area contributed by atoms with Crippen LogP contribution in [0.15, 0.2) is 0 Å². The molecule has 0 radical (unpaired) electrons. The second kappa shape index (κ2) is 8.06. The monoisotopic (exact) mass is 244 g/mol. The van der Waals surface area contributed by atoms with Gasteiger partial charge in [0.15, 0.2) is 0 Å². The van der Waals surface area contributed by atoms with Crippen LogP contribution in [0.1, 0.15) is 40.5 Å². The molecule has 0 saturated heterocycles. The lowest BCUT2D eigenvalue weighted by Crippen LogP contribution is -2.46. The van der Waals surface area contributed by atoms with Gasteiger partial charge in [-0.25, -0.2) is 0 Å². The number of nitrogens with zero attached hydrogens (tertiary/aromatic N) is 2. The van der Waals surface area contributed by atoms with Crippen LogP contribution in [0.2, 0.25) is 0 Å². The number of hydrogen-bond acceptors (Lipinski definition) is 3. The Morgan fingerprint density at radius 1 is 1.24 bits per heavy atom. The fourth-order valence-electron chi connectivity index (χ4n) is 2.53. The zero-order valence-electron chi connectivity index (χ0n) is 12.7. The average Bonchev–Trinajstić information content (AvgIpc) is 2.25. The van der Waals surface area contributed by atoms with Gasteiger partial charge in [-0.05, 0) is 34.0 Å². The van der Waals surface area contributed by atoms with Gasteiger partial charge in [-0.15, -0.1) is 0 Å². The summed E-state index contributed by atoms with van der Waals surface area (Å²) in [7, 11) is 4.23. The normalized spacial score (nSPS) is 17.5. The van der Waals surface area contributed by atoms with Crippen LogP contribution in [0.25, 0.3) is 0 Å². The van der Waals surface area contributed by atoms with E-state index in [4.69, 9.17) is 0 Å². The van der Waals surface area contributed by atoms with Gasteiger partial charge in [-0.3, -0.25) is 4.90 Å². The molecule has 104 valence electrons. The summed E-state index contributed by atoms with van der Waals surface area (Å²) in [5.41, 5.74) is 0.0470. The van der Waals surface area contributed by atoms with Crippen molar-refractivity contribution in [2.45, 2.75) is 46.6 Å². The lowest BCUT2D eigenvalue weighted by molar-refractivity contribution is 0.0592. The van der Waals surface area contributed by atoms with E-state index >= 15 is 0 Å². The topological polar surface area (TPSA) is 26.7 Å². The standard InChI is InChI=1S/C14H32N2O/c1-7-9-14(4,12-17)11-16(8-2)13(3)10-15(5)6/h13,17H,7-12H2,1-6H3. The summed E-state index contributed by atoms with van der Waals surface area (Å²) in [5.74, 6) is 0. The van der Waals surface area contributed by atoms with Crippen LogP contribution in [0, 0.1) is 5.41 Å². The van der Waals surface area contributed by atoms with Crippen molar-refractivity contribution in [3.8, 4) is 0 Å². The SMILES string of the molecule is CCCC(C)(CO)CN(CC)C(C)CN(C)C. The molecular weight excluding hydrogens is 212 g/mol. The summed E-state index contributed by atoms with van der Waals surface area (Å²) in [6.45, 7) is 12.3. The third-order valence-corrected chi connectivity index (χ3v) is 3.48. The van der Waals surface area contributed by atoms with Gasteiger partial charge in [0, 0.05) is 31.2 Å². The summed E-state index contributed by atoms with van der Waals surface area (Å²) in [6.07, 6.45) is 2.23. The molecule has 1 N–H and O–H groups in total. The van der Waals surface area contributed by atoms with Gasteiger partial charge < -0.3 is 10.0 Å². The zero-order chi connectivity index (χ0) is 13.5. The highest BCUT2D eigenvalue weighted by Crippen LogP contribution is 2.24. The molecule has 0 saturated carbocycles. The number of hydrogen-bond donors (Lipinski definition) is 1. The molecule has 3 nitrogen and oxygen atoms in total. The van der Waals surface area contributed by atoms with E-state index in [1.165, 1.54) is 0 Å². The third-order valence-electron chi connectivity index (χ3n) is 3.48. The Morgan fingerprint density at radius 2 is 1.82 bits per heavy atom. The van der Waals surface area contributed by atoms with E-state index in [0.717, 1.165) is 32.5 Å². The second-order valence-corrected chi connectivity index (χ2v) is 5.89. The Bertz CT molecular complexity index is 197. The minimum Gasteiger partial charge on any atom is -0.396 e. The fraction of sp³-hybridized carbons (Fsp3) is 1.00. The first kappa shape index (κ1) is 16.9. The van der Waals surface area contributed by atoms with Crippen LogP contribution >= 0.6 is 0 Å². The van der Waals surface area contributed by atoms with Gasteiger partial charge in [0.05, 0.1) is 0 Å². The Morgan fingerprint density at radius 3 is 2.18 bits per heavy atom. The van der Waals surface area contributed by atoms with Gasteiger partial charge in [-0.1, -0.05) is 27.2 Å². The molecule has 3 heteroatoms. The highest BCUT2D eigenvalue weighted by molar-refractivity contribution is 4.80. The summed E-state index contributed by atoms with van der Waals surface area (Å²) in [6, 6.07) is 0.540. The van der Waals surface area contributed by atoms with Crippen LogP contribution in [-0.2, 0) is 0 Å². The molecule has 17 heavy (non-hydrogen) atoms. The van der Waals surface area contributed by atoms with E-state index in [-0.39, 0.29) is 12.0 Å². The van der Waals surface area contributed by atoms with E-state index in [1.54, 1.807) is 0 Å². The Hall–Kier alpha value is -0.120. The second-order valence-electron chi connectivity index (χ2n) is 5.89. The summed E-state index contributed by atoms with van der Waals surface area (Å²) in [5, 5.41) is 9.59. The van der Waals surface area contributed by atoms with Crippen molar-refractivity contribution < 1.29 is 5.11 Å².